The maximum absolute atomic E-state index is 10.4. The van der Waals surface area contributed by atoms with E-state index in [0.29, 0.717) is 5.92 Å². The van der Waals surface area contributed by atoms with E-state index in [1.807, 2.05) is 0 Å². The molecule has 0 aliphatic heterocycles. The van der Waals surface area contributed by atoms with Gasteiger partial charge >= 0.3 is 0 Å². The molecule has 1 aromatic carbocycles. The summed E-state index contributed by atoms with van der Waals surface area (Å²) >= 11 is 0. The fourth-order valence-corrected chi connectivity index (χ4v) is 2.75. The Bertz CT molecular complexity index is 368. The number of hydrogen-bond acceptors (Lipinski definition) is 1. The minimum absolute atomic E-state index is 0.295. The highest BCUT2D eigenvalue weighted by Crippen LogP contribution is 2.37. The van der Waals surface area contributed by atoms with Gasteiger partial charge in [0, 0.05) is 0 Å². The first-order valence-corrected chi connectivity index (χ1v) is 7.50. The molecule has 2 atom stereocenters. The van der Waals surface area contributed by atoms with Crippen LogP contribution in [0.25, 0.3) is 0 Å². The molecule has 1 nitrogen and oxygen atoms in total. The van der Waals surface area contributed by atoms with Gasteiger partial charge < -0.3 is 5.11 Å². The summed E-state index contributed by atoms with van der Waals surface area (Å²) in [5.74, 6) is 1.12. The first kappa shape index (κ1) is 13.6. The average molecular weight is 246 g/mol. The van der Waals surface area contributed by atoms with Crippen molar-refractivity contribution in [3.63, 3.8) is 0 Å². The fourth-order valence-electron chi connectivity index (χ4n) is 2.75. The van der Waals surface area contributed by atoms with Gasteiger partial charge in [-0.25, -0.2) is 0 Å². The first-order valence-electron chi connectivity index (χ1n) is 7.50. The topological polar surface area (TPSA) is 20.2 Å². The highest BCUT2D eigenvalue weighted by molar-refractivity contribution is 5.29. The van der Waals surface area contributed by atoms with Crippen LogP contribution in [0, 0.1) is 5.92 Å². The maximum Gasteiger partial charge on any atom is 0.0815 e. The van der Waals surface area contributed by atoms with Crippen LogP contribution in [0.4, 0.5) is 0 Å². The summed E-state index contributed by atoms with van der Waals surface area (Å²) in [6.07, 6.45) is 7.25. The summed E-state index contributed by atoms with van der Waals surface area (Å²) in [6, 6.07) is 8.64. The zero-order valence-corrected chi connectivity index (χ0v) is 11.7. The molecule has 2 unspecified atom stereocenters. The highest BCUT2D eigenvalue weighted by Gasteiger charge is 2.21. The molecule has 1 saturated carbocycles. The summed E-state index contributed by atoms with van der Waals surface area (Å²) in [5, 5.41) is 10.4. The lowest BCUT2D eigenvalue weighted by molar-refractivity contribution is 0.111. The van der Waals surface area contributed by atoms with Gasteiger partial charge in [-0.15, -0.1) is 0 Å². The van der Waals surface area contributed by atoms with E-state index in [-0.39, 0.29) is 6.10 Å². The number of aliphatic hydroxyl groups is 1. The maximum atomic E-state index is 10.4. The van der Waals surface area contributed by atoms with E-state index in [2.05, 4.69) is 38.1 Å². The van der Waals surface area contributed by atoms with Crippen molar-refractivity contribution in [2.75, 3.05) is 0 Å². The minimum Gasteiger partial charge on any atom is -0.388 e. The molecule has 2 rings (SSSR count). The molecule has 0 heterocycles. The normalized spacial score (nSPS) is 19.3. The van der Waals surface area contributed by atoms with E-state index < -0.39 is 0 Å². The van der Waals surface area contributed by atoms with E-state index in [0.717, 1.165) is 17.9 Å². The van der Waals surface area contributed by atoms with Gasteiger partial charge in [0.15, 0.2) is 0 Å². The van der Waals surface area contributed by atoms with Gasteiger partial charge in [-0.1, -0.05) is 57.4 Å². The average Bonchev–Trinajstić information content (AvgIpc) is 2.33. The Morgan fingerprint density at radius 3 is 2.72 bits per heavy atom. The molecule has 0 aromatic heterocycles. The van der Waals surface area contributed by atoms with Crippen molar-refractivity contribution in [1.29, 1.82) is 0 Å². The van der Waals surface area contributed by atoms with Gasteiger partial charge in [0.25, 0.3) is 0 Å². The van der Waals surface area contributed by atoms with Crippen LogP contribution in [-0.2, 0) is 0 Å². The Morgan fingerprint density at radius 2 is 2.11 bits per heavy atom. The largest absolute Gasteiger partial charge is 0.388 e. The molecular weight excluding hydrogens is 220 g/mol. The Labute approximate surface area is 111 Å². The second-order valence-electron chi connectivity index (χ2n) is 5.86. The van der Waals surface area contributed by atoms with E-state index >= 15 is 0 Å². The number of benzene rings is 1. The van der Waals surface area contributed by atoms with Crippen LogP contribution in [0.1, 0.15) is 75.5 Å². The van der Waals surface area contributed by atoms with Crippen LogP contribution in [-0.4, -0.2) is 5.11 Å². The molecule has 0 bridgehead atoms. The van der Waals surface area contributed by atoms with Crippen molar-refractivity contribution in [1.82, 2.24) is 0 Å². The Kier molecular flexibility index (Phi) is 4.82. The van der Waals surface area contributed by atoms with Crippen LogP contribution in [0.3, 0.4) is 0 Å². The molecule has 1 aromatic rings. The molecule has 1 fully saturated rings. The molecule has 1 heteroatoms. The number of unbranched alkanes of at least 4 members (excludes halogenated alkanes) is 1. The van der Waals surface area contributed by atoms with Crippen LogP contribution < -0.4 is 0 Å². The molecule has 1 aliphatic rings. The Morgan fingerprint density at radius 1 is 1.33 bits per heavy atom. The van der Waals surface area contributed by atoms with E-state index in [4.69, 9.17) is 0 Å². The lowest BCUT2D eigenvalue weighted by atomic mass is 9.79. The summed E-state index contributed by atoms with van der Waals surface area (Å²) in [4.78, 5) is 0. The summed E-state index contributed by atoms with van der Waals surface area (Å²) in [7, 11) is 0. The quantitative estimate of drug-likeness (QED) is 0.763. The number of aliphatic hydroxyl groups excluding tert-OH is 1. The van der Waals surface area contributed by atoms with Crippen LogP contribution >= 0.6 is 0 Å². The van der Waals surface area contributed by atoms with E-state index in [1.165, 1.54) is 37.7 Å². The molecule has 18 heavy (non-hydrogen) atoms. The number of rotatable bonds is 6. The smallest absolute Gasteiger partial charge is 0.0815 e. The Balaban J connectivity index is 2.02. The molecule has 0 saturated heterocycles. The van der Waals surface area contributed by atoms with Gasteiger partial charge in [0.2, 0.25) is 0 Å². The molecule has 1 N–H and O–H groups in total. The van der Waals surface area contributed by atoms with E-state index in [1.54, 1.807) is 0 Å². The SMILES string of the molecule is CCCCC(C)C(O)c1cccc(C2CCC2)c1. The van der Waals surface area contributed by atoms with Crippen LogP contribution in [0.2, 0.25) is 0 Å². The first-order chi connectivity index (χ1) is 8.72. The van der Waals surface area contributed by atoms with Crippen LogP contribution in [0.5, 0.6) is 0 Å². The summed E-state index contributed by atoms with van der Waals surface area (Å²) in [5.41, 5.74) is 2.54. The molecule has 1 aliphatic carbocycles. The van der Waals surface area contributed by atoms with Crippen molar-refractivity contribution >= 4 is 0 Å². The van der Waals surface area contributed by atoms with Crippen molar-refractivity contribution in [2.24, 2.45) is 5.92 Å². The summed E-state index contributed by atoms with van der Waals surface area (Å²) < 4.78 is 0. The predicted octanol–water partition coefficient (Wildman–Crippen LogP) is 4.81. The standard InChI is InChI=1S/C17H26O/c1-3-4-7-13(2)17(18)16-11-6-10-15(12-16)14-8-5-9-14/h6,10-14,17-18H,3-5,7-9H2,1-2H3. The van der Waals surface area contributed by atoms with Crippen molar-refractivity contribution in [2.45, 2.75) is 64.4 Å². The lowest BCUT2D eigenvalue weighted by Crippen LogP contribution is -2.12. The Hall–Kier alpha value is -0.820. The molecule has 0 amide bonds. The number of hydrogen-bond donors (Lipinski definition) is 1. The third-order valence-electron chi connectivity index (χ3n) is 4.38. The van der Waals surface area contributed by atoms with Crippen molar-refractivity contribution in [3.8, 4) is 0 Å². The van der Waals surface area contributed by atoms with Gasteiger partial charge in [0.05, 0.1) is 6.10 Å². The van der Waals surface area contributed by atoms with Gasteiger partial charge in [-0.05, 0) is 42.2 Å². The zero-order chi connectivity index (χ0) is 13.0. The zero-order valence-electron chi connectivity index (χ0n) is 11.7. The monoisotopic (exact) mass is 246 g/mol. The highest BCUT2D eigenvalue weighted by atomic mass is 16.3. The third-order valence-corrected chi connectivity index (χ3v) is 4.38. The predicted molar refractivity (Wildman–Crippen MR) is 76.7 cm³/mol. The molecule has 0 spiro atoms. The fraction of sp³-hybridized carbons (Fsp3) is 0.647. The summed E-state index contributed by atoms with van der Waals surface area (Å²) in [6.45, 7) is 4.37. The molecule has 100 valence electrons. The molecular formula is C17H26O. The lowest BCUT2D eigenvalue weighted by Gasteiger charge is -2.27. The minimum atomic E-state index is -0.295. The molecule has 0 radical (unpaired) electrons. The second kappa shape index (κ2) is 6.38. The second-order valence-corrected chi connectivity index (χ2v) is 5.86. The third kappa shape index (κ3) is 3.14. The van der Waals surface area contributed by atoms with E-state index in [9.17, 15) is 5.11 Å². The van der Waals surface area contributed by atoms with Crippen molar-refractivity contribution in [3.05, 3.63) is 35.4 Å². The van der Waals surface area contributed by atoms with Gasteiger partial charge in [-0.2, -0.15) is 0 Å². The van der Waals surface area contributed by atoms with Gasteiger partial charge in [-0.3, -0.25) is 0 Å². The van der Waals surface area contributed by atoms with Gasteiger partial charge in [0.1, 0.15) is 0 Å². The van der Waals surface area contributed by atoms with Crippen LogP contribution in [0.15, 0.2) is 24.3 Å². The van der Waals surface area contributed by atoms with Crippen molar-refractivity contribution < 1.29 is 5.11 Å².